The normalized spacial score (nSPS) is 11.8. The molecule has 5 heterocycles. The first-order valence-electron chi connectivity index (χ1n) is 21.2. The van der Waals surface area contributed by atoms with E-state index in [9.17, 15) is 0 Å². The molecular formula is C57H35N5O. The van der Waals surface area contributed by atoms with Crippen LogP contribution in [0, 0.1) is 0 Å². The molecular weight excluding hydrogens is 771 g/mol. The fourth-order valence-electron chi connectivity index (χ4n) is 9.51. The number of para-hydroxylation sites is 5. The number of nitrogens with zero attached hydrogens (tertiary/aromatic N) is 5. The quantitative estimate of drug-likeness (QED) is 0.168. The highest BCUT2D eigenvalue weighted by Crippen LogP contribution is 2.39. The first-order chi connectivity index (χ1) is 31.2. The Morgan fingerprint density at radius 3 is 1.40 bits per heavy atom. The predicted molar refractivity (Wildman–Crippen MR) is 258 cm³/mol. The minimum atomic E-state index is 0.631. The summed E-state index contributed by atoms with van der Waals surface area (Å²) in [4.78, 5) is 15.1. The van der Waals surface area contributed by atoms with Gasteiger partial charge >= 0.3 is 0 Å². The van der Waals surface area contributed by atoms with E-state index in [0.717, 1.165) is 94.6 Å². The first-order valence-corrected chi connectivity index (χ1v) is 21.2. The monoisotopic (exact) mass is 805 g/mol. The Balaban J connectivity index is 1.09. The highest BCUT2D eigenvalue weighted by Gasteiger charge is 2.20. The van der Waals surface area contributed by atoms with Crippen LogP contribution >= 0.6 is 0 Å². The van der Waals surface area contributed by atoms with E-state index in [1.54, 1.807) is 6.20 Å². The Hall–Kier alpha value is -8.61. The van der Waals surface area contributed by atoms with Crippen LogP contribution in [0.1, 0.15) is 0 Å². The van der Waals surface area contributed by atoms with Crippen LogP contribution in [-0.2, 0) is 0 Å². The molecule has 0 radical (unpaired) electrons. The number of hydrogen-bond donors (Lipinski definition) is 0. The summed E-state index contributed by atoms with van der Waals surface area (Å²) < 4.78 is 11.0. The number of hydrogen-bond acceptors (Lipinski definition) is 4. The Morgan fingerprint density at radius 1 is 0.333 bits per heavy atom. The van der Waals surface area contributed by atoms with Gasteiger partial charge in [-0.05, 0) is 90.0 Å². The molecule has 0 aliphatic rings. The molecule has 8 aromatic carbocycles. The lowest BCUT2D eigenvalue weighted by atomic mass is 10.0. The van der Waals surface area contributed by atoms with E-state index in [2.05, 4.69) is 184 Å². The van der Waals surface area contributed by atoms with Gasteiger partial charge in [-0.3, -0.25) is 4.98 Å². The third-order valence-electron chi connectivity index (χ3n) is 12.4. The number of benzene rings is 8. The van der Waals surface area contributed by atoms with Gasteiger partial charge in [-0.25, -0.2) is 9.97 Å². The topological polar surface area (TPSA) is 61.7 Å². The molecule has 0 fully saturated rings. The lowest BCUT2D eigenvalue weighted by Gasteiger charge is -2.16. The van der Waals surface area contributed by atoms with Crippen molar-refractivity contribution in [2.24, 2.45) is 0 Å². The molecule has 0 bridgehead atoms. The summed E-state index contributed by atoms with van der Waals surface area (Å²) >= 11 is 0. The van der Waals surface area contributed by atoms with Crippen LogP contribution in [-0.4, -0.2) is 24.1 Å². The average molecular weight is 806 g/mol. The molecule has 0 aliphatic carbocycles. The van der Waals surface area contributed by atoms with Crippen molar-refractivity contribution in [2.75, 3.05) is 0 Å². The molecule has 0 saturated carbocycles. The van der Waals surface area contributed by atoms with Gasteiger partial charge in [-0.15, -0.1) is 0 Å². The lowest BCUT2D eigenvalue weighted by molar-refractivity contribution is 0.669. The van der Waals surface area contributed by atoms with Gasteiger partial charge in [0.05, 0.1) is 33.5 Å². The smallest absolute Gasteiger partial charge is 0.160 e. The Bertz CT molecular complexity index is 3680. The second-order valence-corrected chi connectivity index (χ2v) is 16.1. The number of rotatable bonds is 6. The molecule has 0 aliphatic heterocycles. The molecule has 0 unspecified atom stereocenters. The van der Waals surface area contributed by atoms with E-state index in [1.807, 2.05) is 36.5 Å². The van der Waals surface area contributed by atoms with Gasteiger partial charge in [0.2, 0.25) is 0 Å². The summed E-state index contributed by atoms with van der Waals surface area (Å²) in [7, 11) is 0. The second kappa shape index (κ2) is 14.0. The molecule has 294 valence electrons. The maximum atomic E-state index is 6.25. The van der Waals surface area contributed by atoms with Crippen LogP contribution in [0.15, 0.2) is 217 Å². The third kappa shape index (κ3) is 5.69. The molecule has 13 rings (SSSR count). The van der Waals surface area contributed by atoms with Crippen molar-refractivity contribution in [3.05, 3.63) is 213 Å². The number of furan rings is 1. The second-order valence-electron chi connectivity index (χ2n) is 16.1. The molecule has 6 nitrogen and oxygen atoms in total. The van der Waals surface area contributed by atoms with Gasteiger partial charge in [0, 0.05) is 72.8 Å². The van der Waals surface area contributed by atoms with Gasteiger partial charge in [-0.2, -0.15) is 0 Å². The van der Waals surface area contributed by atoms with Crippen LogP contribution in [0.3, 0.4) is 0 Å². The minimum Gasteiger partial charge on any atom is -0.456 e. The van der Waals surface area contributed by atoms with Crippen LogP contribution in [0.25, 0.3) is 122 Å². The molecule has 0 atom stereocenters. The van der Waals surface area contributed by atoms with Crippen molar-refractivity contribution in [1.29, 1.82) is 0 Å². The van der Waals surface area contributed by atoms with Crippen molar-refractivity contribution in [1.82, 2.24) is 24.1 Å². The lowest BCUT2D eigenvalue weighted by Crippen LogP contribution is -2.01. The van der Waals surface area contributed by atoms with Gasteiger partial charge in [0.25, 0.3) is 0 Å². The van der Waals surface area contributed by atoms with E-state index < -0.39 is 0 Å². The zero-order chi connectivity index (χ0) is 41.4. The van der Waals surface area contributed by atoms with Crippen molar-refractivity contribution in [3.63, 3.8) is 0 Å². The summed E-state index contributed by atoms with van der Waals surface area (Å²) in [6, 6.07) is 70.8. The van der Waals surface area contributed by atoms with E-state index in [0.29, 0.717) is 5.82 Å². The molecule has 13 aromatic rings. The SMILES string of the molecule is c1cncc(-c2ccc(-c3cc(-c4cc(-n5c6ccccc6c6ccccc65)cc(-n5c6ccccc6c6ccccc65)c4)nc(-c4ccc5oc6ccccc6c5c4)n3)cc2)c1. The summed E-state index contributed by atoms with van der Waals surface area (Å²) in [5, 5.41) is 6.93. The van der Waals surface area contributed by atoms with Crippen LogP contribution in [0.4, 0.5) is 0 Å². The van der Waals surface area contributed by atoms with Crippen molar-refractivity contribution in [2.45, 2.75) is 0 Å². The number of aromatic nitrogens is 5. The maximum Gasteiger partial charge on any atom is 0.160 e. The molecule has 0 saturated heterocycles. The first kappa shape index (κ1) is 35.2. The summed E-state index contributed by atoms with van der Waals surface area (Å²) in [6.45, 7) is 0. The standard InChI is InChI=1S/C57H35N5O/c1-6-18-51-43(13-1)44-14-2-7-19-52(44)61(51)41-30-40(31-42(33-41)62-53-20-8-3-15-45(53)46-16-4-9-21-54(46)62)50-34-49(37-25-23-36(24-26-37)39-12-11-29-58-35-39)59-57(60-50)38-27-28-56-48(32-38)47-17-5-10-22-55(47)63-56/h1-35H. The van der Waals surface area contributed by atoms with Crippen molar-refractivity contribution in [3.8, 4) is 56.4 Å². The number of fused-ring (bicyclic) bond motifs is 9. The molecule has 0 spiro atoms. The fourth-order valence-corrected chi connectivity index (χ4v) is 9.51. The van der Waals surface area contributed by atoms with Crippen LogP contribution in [0.5, 0.6) is 0 Å². The summed E-state index contributed by atoms with van der Waals surface area (Å²) in [6.07, 6.45) is 3.69. The van der Waals surface area contributed by atoms with Crippen LogP contribution in [0.2, 0.25) is 0 Å². The zero-order valence-electron chi connectivity index (χ0n) is 33.9. The Kier molecular flexibility index (Phi) is 7.80. The largest absolute Gasteiger partial charge is 0.456 e. The molecule has 0 N–H and O–H groups in total. The highest BCUT2D eigenvalue weighted by atomic mass is 16.3. The molecule has 6 heteroatoms. The Labute approximate surface area is 361 Å². The zero-order valence-corrected chi connectivity index (χ0v) is 33.9. The Morgan fingerprint density at radius 2 is 0.825 bits per heavy atom. The summed E-state index contributed by atoms with van der Waals surface area (Å²) in [5.41, 5.74) is 15.0. The third-order valence-corrected chi connectivity index (χ3v) is 12.4. The van der Waals surface area contributed by atoms with Gasteiger partial charge in [-0.1, -0.05) is 121 Å². The fraction of sp³-hybridized carbons (Fsp3) is 0. The maximum absolute atomic E-state index is 6.25. The van der Waals surface area contributed by atoms with Crippen molar-refractivity contribution < 1.29 is 4.42 Å². The minimum absolute atomic E-state index is 0.631. The van der Waals surface area contributed by atoms with E-state index in [-0.39, 0.29) is 0 Å². The van der Waals surface area contributed by atoms with E-state index in [4.69, 9.17) is 14.4 Å². The molecule has 63 heavy (non-hydrogen) atoms. The van der Waals surface area contributed by atoms with Crippen molar-refractivity contribution >= 4 is 65.6 Å². The molecule has 0 amide bonds. The van der Waals surface area contributed by atoms with E-state index >= 15 is 0 Å². The van der Waals surface area contributed by atoms with Crippen LogP contribution < -0.4 is 0 Å². The highest BCUT2D eigenvalue weighted by molar-refractivity contribution is 6.11. The van der Waals surface area contributed by atoms with E-state index in [1.165, 1.54) is 21.5 Å². The predicted octanol–water partition coefficient (Wildman–Crippen LogP) is 14.6. The molecule has 5 aromatic heterocycles. The van der Waals surface area contributed by atoms with Gasteiger partial charge in [0.15, 0.2) is 5.82 Å². The number of pyridine rings is 1. The van der Waals surface area contributed by atoms with Gasteiger partial charge < -0.3 is 13.6 Å². The average Bonchev–Trinajstić information content (AvgIpc) is 4.02. The van der Waals surface area contributed by atoms with Gasteiger partial charge in [0.1, 0.15) is 11.2 Å². The summed E-state index contributed by atoms with van der Waals surface area (Å²) in [5.74, 6) is 0.631.